The predicted octanol–water partition coefficient (Wildman–Crippen LogP) is 0.469. The summed E-state index contributed by atoms with van der Waals surface area (Å²) in [4.78, 5) is 3.86. The Morgan fingerprint density at radius 1 is 1.62 bits per heavy atom. The van der Waals surface area contributed by atoms with Gasteiger partial charge in [-0.2, -0.15) is 5.10 Å². The number of aromatic nitrogens is 3. The Bertz CT molecular complexity index is 171. The molecule has 0 aliphatic heterocycles. The van der Waals surface area contributed by atoms with Crippen LogP contribution in [0, 0.1) is 6.92 Å². The predicted molar refractivity (Wildman–Crippen MR) is 31.8 cm³/mol. The molecule has 0 fully saturated rings. The molecule has 0 aliphatic rings. The zero-order chi connectivity index (χ0) is 5.98. The summed E-state index contributed by atoms with van der Waals surface area (Å²) in [7, 11) is 0. The molecule has 0 amide bonds. The van der Waals surface area contributed by atoms with E-state index in [1.807, 2.05) is 6.92 Å². The topological polar surface area (TPSA) is 38.7 Å². The van der Waals surface area contributed by atoms with Crippen LogP contribution in [0.5, 0.6) is 0 Å². The zero-order valence-electron chi connectivity index (χ0n) is 4.37. The maximum absolute atomic E-state index is 3.87. The molecule has 4 heteroatoms. The third kappa shape index (κ3) is 1.16. The first-order chi connectivity index (χ1) is 3.79. The first-order valence-corrected chi connectivity index (χ1v) is 2.59. The molecule has 0 unspecified atom stereocenters. The maximum Gasteiger partial charge on any atom is 0.206 e. The number of nitrogens with zero attached hydrogens (tertiary/aromatic N) is 3. The molecular weight excluding hydrogens is 122 g/mol. The largest absolute Gasteiger partial charge is 0.225 e. The monoisotopic (exact) mass is 127 g/mol. The van der Waals surface area contributed by atoms with Gasteiger partial charge in [0.1, 0.15) is 0 Å². The van der Waals surface area contributed by atoms with E-state index >= 15 is 0 Å². The second-order valence-electron chi connectivity index (χ2n) is 1.40. The van der Waals surface area contributed by atoms with Crippen LogP contribution in [0.2, 0.25) is 0 Å². The molecule has 0 saturated heterocycles. The normalized spacial score (nSPS) is 9.25. The van der Waals surface area contributed by atoms with Crippen molar-refractivity contribution in [2.45, 2.75) is 12.1 Å². The third-order valence-corrected chi connectivity index (χ3v) is 0.858. The van der Waals surface area contributed by atoms with Crippen molar-refractivity contribution < 1.29 is 0 Å². The van der Waals surface area contributed by atoms with E-state index in [-0.39, 0.29) is 0 Å². The van der Waals surface area contributed by atoms with Crippen molar-refractivity contribution in [3.8, 4) is 0 Å². The van der Waals surface area contributed by atoms with Crippen molar-refractivity contribution in [2.75, 3.05) is 0 Å². The van der Waals surface area contributed by atoms with Crippen LogP contribution >= 0.6 is 12.6 Å². The average Bonchev–Trinajstić information content (AvgIpc) is 1.64. The van der Waals surface area contributed by atoms with E-state index in [0.29, 0.717) is 5.16 Å². The zero-order valence-corrected chi connectivity index (χ0v) is 5.26. The standard InChI is InChI=1S/C4H5N3S/c1-3-2-5-7-4(8)6-3/h2H,1H3,(H,6,7,8). The van der Waals surface area contributed by atoms with Gasteiger partial charge >= 0.3 is 0 Å². The highest BCUT2D eigenvalue weighted by molar-refractivity contribution is 7.80. The fraction of sp³-hybridized carbons (Fsp3) is 0.250. The van der Waals surface area contributed by atoms with Gasteiger partial charge in [-0.25, -0.2) is 4.98 Å². The van der Waals surface area contributed by atoms with Crippen LogP contribution in [-0.2, 0) is 0 Å². The van der Waals surface area contributed by atoms with Crippen LogP contribution in [-0.4, -0.2) is 15.2 Å². The Morgan fingerprint density at radius 3 is 2.75 bits per heavy atom. The molecular formula is C4H5N3S. The average molecular weight is 127 g/mol. The van der Waals surface area contributed by atoms with Gasteiger partial charge in [0.25, 0.3) is 0 Å². The molecule has 1 aromatic rings. The van der Waals surface area contributed by atoms with Gasteiger partial charge in [-0.15, -0.1) is 17.7 Å². The number of aryl methyl sites for hydroxylation is 1. The first kappa shape index (κ1) is 5.50. The molecule has 0 atom stereocenters. The molecule has 0 aromatic carbocycles. The highest BCUT2D eigenvalue weighted by atomic mass is 32.1. The van der Waals surface area contributed by atoms with E-state index < -0.39 is 0 Å². The molecule has 42 valence electrons. The summed E-state index contributed by atoms with van der Waals surface area (Å²) in [5.74, 6) is 0. The van der Waals surface area contributed by atoms with Crippen molar-refractivity contribution in [2.24, 2.45) is 0 Å². The second-order valence-corrected chi connectivity index (χ2v) is 1.80. The lowest BCUT2D eigenvalue weighted by atomic mass is 10.6. The molecule has 0 aliphatic carbocycles. The fourth-order valence-corrected chi connectivity index (χ4v) is 0.582. The van der Waals surface area contributed by atoms with Gasteiger partial charge in [0.2, 0.25) is 5.16 Å². The Balaban J connectivity index is 3.08. The Kier molecular flexibility index (Phi) is 1.43. The van der Waals surface area contributed by atoms with Gasteiger partial charge in [0.05, 0.1) is 11.9 Å². The first-order valence-electron chi connectivity index (χ1n) is 2.14. The molecule has 3 nitrogen and oxygen atoms in total. The van der Waals surface area contributed by atoms with Crippen LogP contribution in [0.1, 0.15) is 5.69 Å². The molecule has 0 spiro atoms. The molecule has 0 saturated carbocycles. The number of hydrogen-bond donors (Lipinski definition) is 1. The van der Waals surface area contributed by atoms with Crippen LogP contribution in [0.15, 0.2) is 11.4 Å². The molecule has 8 heavy (non-hydrogen) atoms. The van der Waals surface area contributed by atoms with Gasteiger partial charge in [0, 0.05) is 0 Å². The summed E-state index contributed by atoms with van der Waals surface area (Å²) < 4.78 is 0. The molecule has 0 bridgehead atoms. The van der Waals surface area contributed by atoms with Gasteiger partial charge in [-0.3, -0.25) is 0 Å². The molecule has 0 radical (unpaired) electrons. The van der Waals surface area contributed by atoms with E-state index in [0.717, 1.165) is 5.69 Å². The Morgan fingerprint density at radius 2 is 2.38 bits per heavy atom. The second kappa shape index (κ2) is 2.09. The fourth-order valence-electron chi connectivity index (χ4n) is 0.373. The smallest absolute Gasteiger partial charge is 0.206 e. The van der Waals surface area contributed by atoms with Gasteiger partial charge in [-0.05, 0) is 6.92 Å². The maximum atomic E-state index is 3.87. The molecule has 1 heterocycles. The highest BCUT2D eigenvalue weighted by Crippen LogP contribution is 1.92. The minimum absolute atomic E-state index is 0.421. The van der Waals surface area contributed by atoms with Crippen molar-refractivity contribution in [3.05, 3.63) is 11.9 Å². The van der Waals surface area contributed by atoms with E-state index in [1.165, 1.54) is 0 Å². The van der Waals surface area contributed by atoms with E-state index in [9.17, 15) is 0 Å². The van der Waals surface area contributed by atoms with Gasteiger partial charge < -0.3 is 0 Å². The highest BCUT2D eigenvalue weighted by Gasteiger charge is 1.86. The molecule has 1 aromatic heterocycles. The summed E-state index contributed by atoms with van der Waals surface area (Å²) in [6.45, 7) is 1.84. The van der Waals surface area contributed by atoms with Gasteiger partial charge in [-0.1, -0.05) is 0 Å². The Labute approximate surface area is 52.6 Å². The minimum atomic E-state index is 0.421. The van der Waals surface area contributed by atoms with Crippen LogP contribution < -0.4 is 0 Å². The summed E-state index contributed by atoms with van der Waals surface area (Å²) >= 11 is 3.87. The van der Waals surface area contributed by atoms with Crippen molar-refractivity contribution in [3.63, 3.8) is 0 Å². The Hall–Kier alpha value is -0.640. The van der Waals surface area contributed by atoms with Crippen LogP contribution in [0.25, 0.3) is 0 Å². The minimum Gasteiger partial charge on any atom is -0.225 e. The number of thiol groups is 1. The molecule has 0 N–H and O–H groups in total. The third-order valence-electron chi connectivity index (χ3n) is 0.668. The van der Waals surface area contributed by atoms with Crippen molar-refractivity contribution >= 4 is 12.6 Å². The summed E-state index contributed by atoms with van der Waals surface area (Å²) in [6, 6.07) is 0. The molecule has 1 rings (SSSR count). The van der Waals surface area contributed by atoms with E-state index in [2.05, 4.69) is 27.8 Å². The quantitative estimate of drug-likeness (QED) is 0.515. The van der Waals surface area contributed by atoms with Crippen LogP contribution in [0.4, 0.5) is 0 Å². The van der Waals surface area contributed by atoms with E-state index in [4.69, 9.17) is 0 Å². The van der Waals surface area contributed by atoms with Gasteiger partial charge in [0.15, 0.2) is 0 Å². The summed E-state index contributed by atoms with van der Waals surface area (Å²) in [6.07, 6.45) is 1.58. The number of rotatable bonds is 0. The summed E-state index contributed by atoms with van der Waals surface area (Å²) in [5, 5.41) is 7.56. The lowest BCUT2D eigenvalue weighted by Gasteiger charge is -1.86. The summed E-state index contributed by atoms with van der Waals surface area (Å²) in [5.41, 5.74) is 0.838. The van der Waals surface area contributed by atoms with Crippen molar-refractivity contribution in [1.29, 1.82) is 0 Å². The number of hydrogen-bond acceptors (Lipinski definition) is 4. The van der Waals surface area contributed by atoms with Crippen LogP contribution in [0.3, 0.4) is 0 Å². The SMILES string of the molecule is Cc1cnnc(S)n1. The lowest BCUT2D eigenvalue weighted by Crippen LogP contribution is -1.88. The van der Waals surface area contributed by atoms with Crippen molar-refractivity contribution in [1.82, 2.24) is 15.2 Å². The lowest BCUT2D eigenvalue weighted by molar-refractivity contribution is 0.820. The van der Waals surface area contributed by atoms with E-state index in [1.54, 1.807) is 6.20 Å².